The van der Waals surface area contributed by atoms with Gasteiger partial charge >= 0.3 is 0 Å². The summed E-state index contributed by atoms with van der Waals surface area (Å²) in [6, 6.07) is 15.3. The Labute approximate surface area is 173 Å². The molecular formula is C20H26ClN3O3S. The molecule has 0 bridgehead atoms. The molecule has 0 spiro atoms. The van der Waals surface area contributed by atoms with Gasteiger partial charge in [-0.2, -0.15) is 0 Å². The van der Waals surface area contributed by atoms with E-state index in [1.165, 1.54) is 16.4 Å². The summed E-state index contributed by atoms with van der Waals surface area (Å²) in [5, 5.41) is 3.26. The van der Waals surface area contributed by atoms with Gasteiger partial charge in [-0.15, -0.1) is 12.4 Å². The number of rotatable bonds is 5. The molecule has 28 heavy (non-hydrogen) atoms. The molecule has 2 aromatic rings. The molecule has 1 atom stereocenters. The second kappa shape index (κ2) is 9.41. The molecule has 1 N–H and O–H groups in total. The van der Waals surface area contributed by atoms with E-state index in [0.717, 1.165) is 13.1 Å². The zero-order valence-electron chi connectivity index (χ0n) is 16.0. The lowest BCUT2D eigenvalue weighted by molar-refractivity contribution is 0.0655. The predicted molar refractivity (Wildman–Crippen MR) is 114 cm³/mol. The maximum Gasteiger partial charge on any atom is 0.264 e. The van der Waals surface area contributed by atoms with Crippen molar-refractivity contribution in [2.45, 2.75) is 24.8 Å². The number of anilines is 1. The largest absolute Gasteiger partial charge is 0.333 e. The highest BCUT2D eigenvalue weighted by Crippen LogP contribution is 2.24. The van der Waals surface area contributed by atoms with Gasteiger partial charge < -0.3 is 10.2 Å². The standard InChI is InChI=1S/C20H25N3O3S.ClH/c1-3-23(18-7-5-4-6-8-18)27(25,26)19-11-9-17(10-12-19)20(24)22-14-13-21-15-16(22)2;/h4-12,16,21H,3,13-15H2,1-2H3;1H/t16-;/m0./s1. The van der Waals surface area contributed by atoms with Crippen molar-refractivity contribution in [3.8, 4) is 0 Å². The predicted octanol–water partition coefficient (Wildman–Crippen LogP) is 2.76. The van der Waals surface area contributed by atoms with Gasteiger partial charge in [-0.3, -0.25) is 9.10 Å². The maximum absolute atomic E-state index is 13.0. The lowest BCUT2D eigenvalue weighted by Crippen LogP contribution is -2.52. The van der Waals surface area contributed by atoms with Gasteiger partial charge in [0.2, 0.25) is 0 Å². The van der Waals surface area contributed by atoms with Crippen LogP contribution in [-0.2, 0) is 10.0 Å². The van der Waals surface area contributed by atoms with Gasteiger partial charge in [0.15, 0.2) is 0 Å². The van der Waals surface area contributed by atoms with Gasteiger partial charge in [-0.25, -0.2) is 8.42 Å². The first-order chi connectivity index (χ1) is 12.9. The van der Waals surface area contributed by atoms with Crippen molar-refractivity contribution in [2.75, 3.05) is 30.5 Å². The van der Waals surface area contributed by atoms with Crippen LogP contribution in [0.3, 0.4) is 0 Å². The Balaban J connectivity index is 0.00000280. The Hall–Kier alpha value is -2.09. The third-order valence-corrected chi connectivity index (χ3v) is 6.70. The Morgan fingerprint density at radius 1 is 1.14 bits per heavy atom. The van der Waals surface area contributed by atoms with Crippen LogP contribution in [-0.4, -0.2) is 51.4 Å². The van der Waals surface area contributed by atoms with Gasteiger partial charge in [0.1, 0.15) is 0 Å². The summed E-state index contributed by atoms with van der Waals surface area (Å²) in [6.07, 6.45) is 0. The van der Waals surface area contributed by atoms with E-state index in [-0.39, 0.29) is 29.3 Å². The van der Waals surface area contributed by atoms with Gasteiger partial charge in [0.25, 0.3) is 15.9 Å². The number of benzene rings is 2. The first-order valence-electron chi connectivity index (χ1n) is 9.14. The van der Waals surface area contributed by atoms with Crippen LogP contribution in [0.1, 0.15) is 24.2 Å². The molecule has 8 heteroatoms. The topological polar surface area (TPSA) is 69.7 Å². The van der Waals surface area contributed by atoms with Crippen molar-refractivity contribution >= 4 is 34.0 Å². The fourth-order valence-electron chi connectivity index (χ4n) is 3.29. The average molecular weight is 424 g/mol. The van der Waals surface area contributed by atoms with Crippen molar-refractivity contribution in [3.05, 3.63) is 60.2 Å². The van der Waals surface area contributed by atoms with Gasteiger partial charge in [0.05, 0.1) is 10.6 Å². The zero-order valence-corrected chi connectivity index (χ0v) is 17.7. The molecule has 1 saturated heterocycles. The molecule has 0 aliphatic carbocycles. The molecule has 0 radical (unpaired) electrons. The van der Waals surface area contributed by atoms with Crippen LogP contribution in [0.4, 0.5) is 5.69 Å². The smallest absolute Gasteiger partial charge is 0.264 e. The van der Waals surface area contributed by atoms with E-state index >= 15 is 0 Å². The number of nitrogens with zero attached hydrogens (tertiary/aromatic N) is 2. The monoisotopic (exact) mass is 423 g/mol. The van der Waals surface area contributed by atoms with Crippen LogP contribution >= 0.6 is 12.4 Å². The Morgan fingerprint density at radius 3 is 2.36 bits per heavy atom. The molecule has 3 rings (SSSR count). The summed E-state index contributed by atoms with van der Waals surface area (Å²) in [6.45, 7) is 6.31. The first-order valence-corrected chi connectivity index (χ1v) is 10.6. The molecule has 1 heterocycles. The minimum atomic E-state index is -3.68. The summed E-state index contributed by atoms with van der Waals surface area (Å²) in [4.78, 5) is 14.7. The highest BCUT2D eigenvalue weighted by Gasteiger charge is 2.26. The molecule has 6 nitrogen and oxygen atoms in total. The van der Waals surface area contributed by atoms with Crippen LogP contribution in [0.15, 0.2) is 59.5 Å². The van der Waals surface area contributed by atoms with Crippen molar-refractivity contribution in [1.29, 1.82) is 0 Å². The average Bonchev–Trinajstić information content (AvgIpc) is 2.69. The molecule has 1 aliphatic heterocycles. The maximum atomic E-state index is 13.0. The van der Waals surface area contributed by atoms with Crippen molar-refractivity contribution < 1.29 is 13.2 Å². The zero-order chi connectivity index (χ0) is 19.4. The summed E-state index contributed by atoms with van der Waals surface area (Å²) in [5.41, 5.74) is 1.13. The van der Waals surface area contributed by atoms with E-state index in [4.69, 9.17) is 0 Å². The summed E-state index contributed by atoms with van der Waals surface area (Å²) < 4.78 is 27.4. The molecule has 0 saturated carbocycles. The van der Waals surface area contributed by atoms with Gasteiger partial charge in [-0.05, 0) is 50.2 Å². The summed E-state index contributed by atoms with van der Waals surface area (Å²) in [5.74, 6) is -0.0663. The second-order valence-electron chi connectivity index (χ2n) is 6.58. The molecule has 152 valence electrons. The fourth-order valence-corrected chi connectivity index (χ4v) is 4.76. The number of sulfonamides is 1. The number of nitrogens with one attached hydrogen (secondary N) is 1. The van der Waals surface area contributed by atoms with Crippen LogP contribution in [0.2, 0.25) is 0 Å². The van der Waals surface area contributed by atoms with E-state index in [1.807, 2.05) is 30.0 Å². The number of halogens is 1. The number of piperazine rings is 1. The number of amides is 1. The normalized spacial score (nSPS) is 16.9. The highest BCUT2D eigenvalue weighted by atomic mass is 35.5. The molecule has 2 aromatic carbocycles. The number of carbonyl (C=O) groups excluding carboxylic acids is 1. The SMILES string of the molecule is CCN(c1ccccc1)S(=O)(=O)c1ccc(C(=O)N2CCNC[C@@H]2C)cc1.Cl. The van der Waals surface area contributed by atoms with E-state index in [0.29, 0.717) is 24.3 Å². The molecule has 1 amide bonds. The van der Waals surface area contributed by atoms with Crippen molar-refractivity contribution in [2.24, 2.45) is 0 Å². The second-order valence-corrected chi connectivity index (χ2v) is 8.44. The van der Waals surface area contributed by atoms with Crippen molar-refractivity contribution in [3.63, 3.8) is 0 Å². The lowest BCUT2D eigenvalue weighted by Gasteiger charge is -2.34. The lowest BCUT2D eigenvalue weighted by atomic mass is 10.1. The Kier molecular flexibility index (Phi) is 7.46. The fraction of sp³-hybridized carbons (Fsp3) is 0.350. The number of para-hydroxylation sites is 1. The number of carbonyl (C=O) groups is 1. The summed E-state index contributed by atoms with van der Waals surface area (Å²) in [7, 11) is -3.68. The van der Waals surface area contributed by atoms with Gasteiger partial charge in [-0.1, -0.05) is 18.2 Å². The van der Waals surface area contributed by atoms with E-state index in [1.54, 1.807) is 31.2 Å². The first kappa shape index (κ1) is 22.2. The quantitative estimate of drug-likeness (QED) is 0.802. The van der Waals surface area contributed by atoms with E-state index in [2.05, 4.69) is 5.32 Å². The molecule has 0 unspecified atom stereocenters. The molecule has 0 aromatic heterocycles. The summed E-state index contributed by atoms with van der Waals surface area (Å²) >= 11 is 0. The van der Waals surface area contributed by atoms with E-state index in [9.17, 15) is 13.2 Å². The van der Waals surface area contributed by atoms with Crippen LogP contribution in [0, 0.1) is 0 Å². The third-order valence-electron chi connectivity index (χ3n) is 4.78. The van der Waals surface area contributed by atoms with E-state index < -0.39 is 10.0 Å². The Morgan fingerprint density at radius 2 is 1.79 bits per heavy atom. The highest BCUT2D eigenvalue weighted by molar-refractivity contribution is 7.92. The molecule has 1 aliphatic rings. The van der Waals surface area contributed by atoms with Crippen LogP contribution in [0.25, 0.3) is 0 Å². The van der Waals surface area contributed by atoms with Crippen molar-refractivity contribution in [1.82, 2.24) is 10.2 Å². The Bertz CT molecular complexity index is 889. The number of hydrogen-bond donors (Lipinski definition) is 1. The minimum Gasteiger partial charge on any atom is -0.333 e. The molecular weight excluding hydrogens is 398 g/mol. The minimum absolute atomic E-state index is 0. The van der Waals surface area contributed by atoms with Crippen LogP contribution < -0.4 is 9.62 Å². The van der Waals surface area contributed by atoms with Crippen LogP contribution in [0.5, 0.6) is 0 Å². The van der Waals surface area contributed by atoms with Gasteiger partial charge in [0, 0.05) is 37.8 Å². The molecule has 1 fully saturated rings. The number of hydrogen-bond acceptors (Lipinski definition) is 4. The third kappa shape index (κ3) is 4.48.